The van der Waals surface area contributed by atoms with Crippen LogP contribution in [0.3, 0.4) is 0 Å². The molecule has 1 heterocycles. The smallest absolute Gasteiger partial charge is 0.326 e. The lowest BCUT2D eigenvalue weighted by atomic mass is 9.50. The second-order valence-electron chi connectivity index (χ2n) is 12.6. The average Bonchev–Trinajstić information content (AvgIpc) is 3.56. The maximum atomic E-state index is 15.4. The molecule has 1 saturated heterocycles. The highest BCUT2D eigenvalue weighted by molar-refractivity contribution is 5.98. The molecule has 6 heteroatoms. The number of hydrogen-bond donors (Lipinski definition) is 1. The van der Waals surface area contributed by atoms with E-state index in [2.05, 4.69) is 0 Å². The number of benzene rings is 1. The molecule has 7 aliphatic rings. The van der Waals surface area contributed by atoms with Gasteiger partial charge in [0.2, 0.25) is 0 Å². The van der Waals surface area contributed by atoms with Crippen molar-refractivity contribution in [2.24, 2.45) is 35.0 Å². The van der Waals surface area contributed by atoms with Gasteiger partial charge >= 0.3 is 5.97 Å². The fourth-order valence-electron chi connectivity index (χ4n) is 8.79. The van der Waals surface area contributed by atoms with E-state index in [9.17, 15) is 14.7 Å². The molecule has 34 heavy (non-hydrogen) atoms. The number of carbonyl (C=O) groups is 2. The normalized spacial score (nSPS) is 39.6. The first kappa shape index (κ1) is 21.2. The number of aliphatic carboxylic acids is 1. The number of carboxylic acid groups (broad SMARTS) is 1. The van der Waals surface area contributed by atoms with Crippen molar-refractivity contribution in [3.05, 3.63) is 29.1 Å². The highest BCUT2D eigenvalue weighted by Crippen LogP contribution is 2.60. The number of carboxylic acids is 1. The number of halogens is 1. The van der Waals surface area contributed by atoms with Crippen LogP contribution in [-0.2, 0) is 4.79 Å². The largest absolute Gasteiger partial charge is 0.493 e. The fourth-order valence-corrected chi connectivity index (χ4v) is 8.79. The first-order chi connectivity index (χ1) is 16.4. The van der Waals surface area contributed by atoms with E-state index in [1.165, 1.54) is 49.5 Å². The van der Waals surface area contributed by atoms with Gasteiger partial charge in [-0.1, -0.05) is 0 Å². The zero-order valence-electron chi connectivity index (χ0n) is 19.7. The number of amides is 1. The second-order valence-corrected chi connectivity index (χ2v) is 12.6. The Kier molecular flexibility index (Phi) is 4.64. The molecule has 5 nitrogen and oxygen atoms in total. The van der Waals surface area contributed by atoms with Crippen LogP contribution in [0.15, 0.2) is 12.1 Å². The molecule has 1 aromatic rings. The molecular weight excluding hydrogens is 433 g/mol. The van der Waals surface area contributed by atoms with Crippen LogP contribution in [0.4, 0.5) is 4.39 Å². The summed E-state index contributed by atoms with van der Waals surface area (Å²) < 4.78 is 21.8. The van der Waals surface area contributed by atoms with Gasteiger partial charge in [-0.2, -0.15) is 0 Å². The number of likely N-dealkylation sites (tertiary alicyclic amines) is 1. The predicted octanol–water partition coefficient (Wildman–Crippen LogP) is 5.23. The molecule has 6 aliphatic carbocycles. The van der Waals surface area contributed by atoms with Gasteiger partial charge in [0.15, 0.2) is 0 Å². The summed E-state index contributed by atoms with van der Waals surface area (Å²) in [5, 5.41) is 9.75. The summed E-state index contributed by atoms with van der Waals surface area (Å²) in [6.07, 6.45) is 11.7. The third kappa shape index (κ3) is 3.30. The average molecular weight is 468 g/mol. The van der Waals surface area contributed by atoms with Gasteiger partial charge in [-0.3, -0.25) is 4.79 Å². The zero-order valence-corrected chi connectivity index (χ0v) is 19.7. The molecule has 1 aliphatic heterocycles. The van der Waals surface area contributed by atoms with E-state index in [1.807, 2.05) is 0 Å². The third-order valence-electron chi connectivity index (χ3n) is 10.2. The van der Waals surface area contributed by atoms with Gasteiger partial charge in [-0.15, -0.1) is 0 Å². The van der Waals surface area contributed by atoms with Crippen LogP contribution < -0.4 is 4.74 Å². The Morgan fingerprint density at radius 2 is 1.71 bits per heavy atom. The number of nitrogens with zero attached hydrogens (tertiary/aromatic N) is 1. The Bertz CT molecular complexity index is 1010. The summed E-state index contributed by atoms with van der Waals surface area (Å²) in [6, 6.07) is 2.27. The minimum absolute atomic E-state index is 0.00954. The van der Waals surface area contributed by atoms with Crippen LogP contribution in [0, 0.1) is 40.8 Å². The lowest BCUT2D eigenvalue weighted by Crippen LogP contribution is -2.48. The zero-order chi connectivity index (χ0) is 23.2. The Morgan fingerprint density at radius 1 is 1.03 bits per heavy atom. The van der Waals surface area contributed by atoms with E-state index in [-0.39, 0.29) is 22.8 Å². The molecule has 0 aromatic heterocycles. The van der Waals surface area contributed by atoms with Crippen molar-refractivity contribution in [2.45, 2.75) is 76.2 Å². The number of fused-ring (bicyclic) bond motifs is 1. The molecule has 6 saturated carbocycles. The molecular formula is C28H34FNO4. The van der Waals surface area contributed by atoms with Crippen molar-refractivity contribution in [3.63, 3.8) is 0 Å². The van der Waals surface area contributed by atoms with Crippen molar-refractivity contribution >= 4 is 11.9 Å². The number of ether oxygens (including phenoxy) is 1. The van der Waals surface area contributed by atoms with Crippen molar-refractivity contribution in [2.75, 3.05) is 13.2 Å². The van der Waals surface area contributed by atoms with Gasteiger partial charge in [-0.25, -0.2) is 9.18 Å². The van der Waals surface area contributed by atoms with E-state index < -0.39 is 23.7 Å². The molecule has 8 rings (SSSR count). The highest BCUT2D eigenvalue weighted by Gasteiger charge is 2.53. The minimum atomic E-state index is -0.973. The summed E-state index contributed by atoms with van der Waals surface area (Å²) in [4.78, 5) is 26.7. The van der Waals surface area contributed by atoms with E-state index in [0.717, 1.165) is 49.0 Å². The molecule has 1 amide bonds. The molecule has 1 N–H and O–H groups in total. The summed E-state index contributed by atoms with van der Waals surface area (Å²) in [7, 11) is 0. The summed E-state index contributed by atoms with van der Waals surface area (Å²) in [5.74, 6) is 1.64. The maximum absolute atomic E-state index is 15.4. The van der Waals surface area contributed by atoms with E-state index in [1.54, 1.807) is 6.07 Å². The number of carbonyl (C=O) groups excluding carboxylic acids is 1. The van der Waals surface area contributed by atoms with Gasteiger partial charge in [0.05, 0.1) is 12.2 Å². The minimum Gasteiger partial charge on any atom is -0.493 e. The van der Waals surface area contributed by atoms with Gasteiger partial charge in [-0.05, 0) is 111 Å². The van der Waals surface area contributed by atoms with Crippen LogP contribution in [0.2, 0.25) is 0 Å². The summed E-state index contributed by atoms with van der Waals surface area (Å²) in [5.41, 5.74) is 1.18. The van der Waals surface area contributed by atoms with Gasteiger partial charge in [0, 0.05) is 18.0 Å². The quantitative estimate of drug-likeness (QED) is 0.622. The second kappa shape index (κ2) is 7.44. The predicted molar refractivity (Wildman–Crippen MR) is 123 cm³/mol. The monoisotopic (exact) mass is 467 g/mol. The van der Waals surface area contributed by atoms with Crippen molar-refractivity contribution in [1.82, 2.24) is 4.90 Å². The SMILES string of the molecule is O=C(O)[C@@H]1[C@@H]2CC[C@@H]2CN1C(=O)c1cc(C2CC2)c(OCC23CC4CC(CC(C4)C2)C3)cc1F. The van der Waals surface area contributed by atoms with E-state index in [0.29, 0.717) is 24.8 Å². The van der Waals surface area contributed by atoms with E-state index >= 15 is 4.39 Å². The molecule has 0 unspecified atom stereocenters. The Hall–Kier alpha value is -2.11. The Balaban J connectivity index is 1.14. The molecule has 182 valence electrons. The van der Waals surface area contributed by atoms with Crippen LogP contribution >= 0.6 is 0 Å². The summed E-state index contributed by atoms with van der Waals surface area (Å²) in [6.45, 7) is 1.07. The summed E-state index contributed by atoms with van der Waals surface area (Å²) >= 11 is 0. The van der Waals surface area contributed by atoms with Crippen LogP contribution in [-0.4, -0.2) is 41.1 Å². The Morgan fingerprint density at radius 3 is 2.26 bits per heavy atom. The van der Waals surface area contributed by atoms with Crippen LogP contribution in [0.5, 0.6) is 5.75 Å². The van der Waals surface area contributed by atoms with Crippen molar-refractivity contribution in [3.8, 4) is 5.75 Å². The Labute approximate surface area is 200 Å². The van der Waals surface area contributed by atoms with Crippen LogP contribution in [0.25, 0.3) is 0 Å². The molecule has 0 radical (unpaired) electrons. The number of rotatable bonds is 6. The van der Waals surface area contributed by atoms with Crippen molar-refractivity contribution in [1.29, 1.82) is 0 Å². The molecule has 1 aromatic carbocycles. The lowest BCUT2D eigenvalue weighted by molar-refractivity contribution is -0.143. The van der Waals surface area contributed by atoms with Crippen molar-refractivity contribution < 1.29 is 23.8 Å². The first-order valence-electron chi connectivity index (χ1n) is 13.4. The molecule has 0 spiro atoms. The fraction of sp³-hybridized carbons (Fsp3) is 0.714. The van der Waals surface area contributed by atoms with E-state index in [4.69, 9.17) is 4.74 Å². The van der Waals surface area contributed by atoms with Gasteiger partial charge in [0.25, 0.3) is 5.91 Å². The molecule has 4 bridgehead atoms. The number of hydrogen-bond acceptors (Lipinski definition) is 3. The highest BCUT2D eigenvalue weighted by atomic mass is 19.1. The third-order valence-corrected chi connectivity index (χ3v) is 10.2. The standard InChI is InChI=1S/C28H34FNO4/c29-23-9-24(34-14-28-10-15-5-16(11-28)7-17(6-15)12-28)21(18-1-2-18)8-22(23)26(31)30-13-19-3-4-20(19)25(30)27(32)33/h8-9,15-20,25H,1-7,10-14H2,(H,32,33)/t15?,16?,17?,19-,20-,25+,28?/m1/s1. The molecule has 3 atom stereocenters. The van der Waals surface area contributed by atoms with Crippen LogP contribution in [0.1, 0.15) is 86.0 Å². The topological polar surface area (TPSA) is 66.8 Å². The lowest BCUT2D eigenvalue weighted by Gasteiger charge is -2.56. The molecule has 7 fully saturated rings. The van der Waals surface area contributed by atoms with Gasteiger partial charge in [0.1, 0.15) is 17.6 Å². The first-order valence-corrected chi connectivity index (χ1v) is 13.4. The van der Waals surface area contributed by atoms with Gasteiger partial charge < -0.3 is 14.7 Å². The maximum Gasteiger partial charge on any atom is 0.326 e.